The second kappa shape index (κ2) is 9.03. The number of rotatable bonds is 7. The van der Waals surface area contributed by atoms with Crippen molar-refractivity contribution in [2.24, 2.45) is 0 Å². The fourth-order valence-electron chi connectivity index (χ4n) is 2.87. The van der Waals surface area contributed by atoms with Gasteiger partial charge in [-0.25, -0.2) is 22.8 Å². The molecule has 32 heavy (non-hydrogen) atoms. The lowest BCUT2D eigenvalue weighted by Gasteiger charge is -2.15. The van der Waals surface area contributed by atoms with Gasteiger partial charge in [-0.3, -0.25) is 0 Å². The first kappa shape index (κ1) is 23.9. The van der Waals surface area contributed by atoms with Crippen LogP contribution in [0.3, 0.4) is 0 Å². The molecular weight excluding hydrogens is 460 g/mol. The molecule has 0 aliphatic rings. The Hall–Kier alpha value is -2.71. The Bertz CT molecular complexity index is 1250. The summed E-state index contributed by atoms with van der Waals surface area (Å²) in [7, 11) is -2.04. The maximum Gasteiger partial charge on any atom is 0.283 e. The average Bonchev–Trinajstić information content (AvgIpc) is 2.65. The van der Waals surface area contributed by atoms with Crippen LogP contribution in [0.25, 0.3) is 11.4 Å². The van der Waals surface area contributed by atoms with E-state index in [9.17, 15) is 21.6 Å². The molecule has 1 heterocycles. The number of anilines is 3. The molecule has 0 spiro atoms. The van der Waals surface area contributed by atoms with Gasteiger partial charge in [0.25, 0.3) is 5.66 Å². The van der Waals surface area contributed by atoms with Crippen LogP contribution < -0.4 is 10.6 Å². The second-order valence-electron chi connectivity index (χ2n) is 7.54. The lowest BCUT2D eigenvalue weighted by Crippen LogP contribution is -2.12. The van der Waals surface area contributed by atoms with Gasteiger partial charge in [0.05, 0.1) is 4.90 Å². The number of halogens is 3. The van der Waals surface area contributed by atoms with E-state index in [1.165, 1.54) is 21.4 Å². The van der Waals surface area contributed by atoms with Gasteiger partial charge in [-0.15, -0.1) is 0 Å². The number of benzene rings is 2. The maximum absolute atomic E-state index is 14.1. The molecule has 3 aromatic rings. The third kappa shape index (κ3) is 6.17. The van der Waals surface area contributed by atoms with E-state index in [1.807, 2.05) is 13.8 Å². The highest BCUT2D eigenvalue weighted by Gasteiger charge is 2.26. The fraction of sp³-hybridized carbons (Fsp3) is 0.238. The molecule has 1 unspecified atom stereocenters. The molecule has 0 saturated heterocycles. The average molecular weight is 482 g/mol. The third-order valence-corrected chi connectivity index (χ3v) is 5.68. The van der Waals surface area contributed by atoms with Crippen LogP contribution in [0.15, 0.2) is 53.4 Å². The highest BCUT2D eigenvalue weighted by Crippen LogP contribution is 2.37. The first-order valence-electron chi connectivity index (χ1n) is 9.52. The molecule has 2 N–H and O–H groups in total. The van der Waals surface area contributed by atoms with Crippen molar-refractivity contribution >= 4 is 36.4 Å². The predicted molar refractivity (Wildman–Crippen MR) is 123 cm³/mol. The number of sulfone groups is 1. The Balaban J connectivity index is 2.08. The quantitative estimate of drug-likeness (QED) is 0.452. The van der Waals surface area contributed by atoms with Gasteiger partial charge in [0.15, 0.2) is 15.7 Å². The van der Waals surface area contributed by atoms with Gasteiger partial charge in [0, 0.05) is 35.2 Å². The van der Waals surface area contributed by atoms with Crippen molar-refractivity contribution in [1.29, 1.82) is 0 Å². The second-order valence-corrected chi connectivity index (χ2v) is 10.3. The van der Waals surface area contributed by atoms with Gasteiger partial charge in [-0.1, -0.05) is 15.3 Å². The number of nitrogens with one attached hydrogen (secondary N) is 2. The van der Waals surface area contributed by atoms with Gasteiger partial charge < -0.3 is 10.6 Å². The molecular formula is C21H22F3N4O2PS. The van der Waals surface area contributed by atoms with Crippen molar-refractivity contribution in [2.75, 3.05) is 16.9 Å². The summed E-state index contributed by atoms with van der Waals surface area (Å²) in [5.41, 5.74) is -3.33. The molecule has 0 saturated carbocycles. The molecule has 1 atom stereocenters. The van der Waals surface area contributed by atoms with Gasteiger partial charge in [-0.2, -0.15) is 8.78 Å². The summed E-state index contributed by atoms with van der Waals surface area (Å²) in [4.78, 5) is 8.78. The molecule has 1 aromatic heterocycles. The molecule has 0 fully saturated rings. The number of alkyl halides is 2. The minimum atomic E-state index is -3.42. The van der Waals surface area contributed by atoms with Crippen LogP contribution in [0.4, 0.5) is 30.5 Å². The van der Waals surface area contributed by atoms with Gasteiger partial charge in [-0.05, 0) is 50.2 Å². The van der Waals surface area contributed by atoms with Crippen LogP contribution in [0.1, 0.15) is 19.4 Å². The van der Waals surface area contributed by atoms with E-state index >= 15 is 0 Å². The Morgan fingerprint density at radius 2 is 1.72 bits per heavy atom. The van der Waals surface area contributed by atoms with E-state index in [0.717, 1.165) is 24.5 Å². The van der Waals surface area contributed by atoms with E-state index < -0.39 is 26.9 Å². The van der Waals surface area contributed by atoms with Gasteiger partial charge >= 0.3 is 0 Å². The van der Waals surface area contributed by atoms with E-state index in [2.05, 4.69) is 20.6 Å². The zero-order chi connectivity index (χ0) is 23.7. The van der Waals surface area contributed by atoms with Crippen LogP contribution >= 0.6 is 9.24 Å². The monoisotopic (exact) mass is 482 g/mol. The minimum absolute atomic E-state index is 0.00129. The van der Waals surface area contributed by atoms with Gasteiger partial charge in [0.1, 0.15) is 17.5 Å². The summed E-state index contributed by atoms with van der Waals surface area (Å²) in [5, 5.41) is 6.10. The summed E-state index contributed by atoms with van der Waals surface area (Å²) in [6.45, 7) is 3.78. The molecule has 170 valence electrons. The standard InChI is InChI=1S/C21H22F3N4O2PS/c1-12(2)25-18-11-19(26-16-5-4-6-17(10-16)32(3,29)30)28-20(27-18)13-7-14(21(23,24)31)9-15(22)8-13/h4-12H,31H2,1-3H3,(H2,25,26,27,28). The van der Waals surface area contributed by atoms with Gasteiger partial charge in [0.2, 0.25) is 0 Å². The normalized spacial score (nSPS) is 12.1. The smallest absolute Gasteiger partial charge is 0.283 e. The number of nitrogens with zero attached hydrogens (tertiary/aromatic N) is 2. The highest BCUT2D eigenvalue weighted by atomic mass is 32.2. The number of aromatic nitrogens is 2. The lowest BCUT2D eigenvalue weighted by molar-refractivity contribution is 0.103. The third-order valence-electron chi connectivity index (χ3n) is 4.24. The Morgan fingerprint density at radius 1 is 1.03 bits per heavy atom. The zero-order valence-corrected chi connectivity index (χ0v) is 19.5. The highest BCUT2D eigenvalue weighted by molar-refractivity contribution is 7.90. The van der Waals surface area contributed by atoms with Crippen molar-refractivity contribution in [2.45, 2.75) is 30.4 Å². The molecule has 3 rings (SSSR count). The van der Waals surface area contributed by atoms with Crippen LogP contribution in [-0.4, -0.2) is 30.7 Å². The van der Waals surface area contributed by atoms with Crippen LogP contribution in [0.2, 0.25) is 0 Å². The van der Waals surface area contributed by atoms with E-state index in [4.69, 9.17) is 0 Å². The number of hydrogen-bond donors (Lipinski definition) is 2. The van der Waals surface area contributed by atoms with Crippen LogP contribution in [-0.2, 0) is 15.5 Å². The predicted octanol–water partition coefficient (Wildman–Crippen LogP) is 5.17. The summed E-state index contributed by atoms with van der Waals surface area (Å²) < 4.78 is 65.3. The SMILES string of the molecule is CC(C)Nc1cc(Nc2cccc(S(C)(=O)=O)c2)nc(-c2cc(F)cc(C(F)(F)P)c2)n1. The van der Waals surface area contributed by atoms with Crippen molar-refractivity contribution in [3.05, 3.63) is 59.9 Å². The lowest BCUT2D eigenvalue weighted by atomic mass is 10.1. The number of hydrogen-bond acceptors (Lipinski definition) is 6. The fourth-order valence-corrected chi connectivity index (χ4v) is 3.71. The zero-order valence-electron chi connectivity index (χ0n) is 17.5. The van der Waals surface area contributed by atoms with E-state index in [0.29, 0.717) is 11.5 Å². The van der Waals surface area contributed by atoms with Crippen molar-refractivity contribution in [3.8, 4) is 11.4 Å². The Kier molecular flexibility index (Phi) is 6.76. The van der Waals surface area contributed by atoms with Crippen molar-refractivity contribution in [3.63, 3.8) is 0 Å². The molecule has 6 nitrogen and oxygen atoms in total. The first-order valence-corrected chi connectivity index (χ1v) is 12.0. The molecule has 0 amide bonds. The van der Waals surface area contributed by atoms with Crippen molar-refractivity contribution in [1.82, 2.24) is 9.97 Å². The molecule has 0 aliphatic heterocycles. The first-order chi connectivity index (χ1) is 14.8. The van der Waals surface area contributed by atoms with Crippen molar-refractivity contribution < 1.29 is 21.6 Å². The summed E-state index contributed by atoms with van der Waals surface area (Å²) in [5.74, 6) is -0.171. The largest absolute Gasteiger partial charge is 0.368 e. The summed E-state index contributed by atoms with van der Waals surface area (Å²) in [6.07, 6.45) is 1.10. The minimum Gasteiger partial charge on any atom is -0.368 e. The van der Waals surface area contributed by atoms with E-state index in [-0.39, 0.29) is 28.1 Å². The molecule has 2 aromatic carbocycles. The Labute approximate surface area is 186 Å². The molecule has 11 heteroatoms. The summed E-state index contributed by atoms with van der Waals surface area (Å²) in [6, 6.07) is 10.7. The molecule has 0 bridgehead atoms. The molecule has 0 radical (unpaired) electrons. The topological polar surface area (TPSA) is 84.0 Å². The Morgan fingerprint density at radius 3 is 2.34 bits per heavy atom. The van der Waals surface area contributed by atoms with E-state index in [1.54, 1.807) is 18.2 Å². The maximum atomic E-state index is 14.1. The van der Waals surface area contributed by atoms with Crippen LogP contribution in [0, 0.1) is 5.82 Å². The summed E-state index contributed by atoms with van der Waals surface area (Å²) >= 11 is 0. The van der Waals surface area contributed by atoms with Crippen LogP contribution in [0.5, 0.6) is 0 Å². The molecule has 0 aliphatic carbocycles.